The Morgan fingerprint density at radius 3 is 2.87 bits per heavy atom. The predicted octanol–water partition coefficient (Wildman–Crippen LogP) is 3.33. The standard InChI is InChI=1S/C18H23NO3S/c1-2-13-3-4-17-15(11-13)16(12-22-17)18(21)19(7-8-20)14-5-9-23-10-6-14/h3-4,11-12,14,20H,2,5-10H2,1H3. The second-order valence-corrected chi connectivity index (χ2v) is 7.12. The number of benzene rings is 1. The third-order valence-corrected chi connectivity index (χ3v) is 5.56. The van der Waals surface area contributed by atoms with E-state index in [1.54, 1.807) is 6.26 Å². The third kappa shape index (κ3) is 3.40. The first kappa shape index (κ1) is 16.4. The fraction of sp³-hybridized carbons (Fsp3) is 0.500. The third-order valence-electron chi connectivity index (χ3n) is 4.51. The second-order valence-electron chi connectivity index (χ2n) is 5.90. The van der Waals surface area contributed by atoms with Gasteiger partial charge in [-0.1, -0.05) is 13.0 Å². The van der Waals surface area contributed by atoms with Crippen LogP contribution in [0.5, 0.6) is 0 Å². The van der Waals surface area contributed by atoms with Crippen molar-refractivity contribution in [1.29, 1.82) is 0 Å². The Bertz CT molecular complexity index is 676. The number of hydrogen-bond acceptors (Lipinski definition) is 4. The molecule has 1 aromatic heterocycles. The van der Waals surface area contributed by atoms with Crippen molar-refractivity contribution in [2.75, 3.05) is 24.7 Å². The molecule has 2 heterocycles. The number of rotatable bonds is 5. The summed E-state index contributed by atoms with van der Waals surface area (Å²) in [6.45, 7) is 2.47. The number of thioether (sulfide) groups is 1. The normalized spacial score (nSPS) is 15.9. The molecule has 1 amide bonds. The van der Waals surface area contributed by atoms with Gasteiger partial charge in [0, 0.05) is 18.0 Å². The van der Waals surface area contributed by atoms with Crippen molar-refractivity contribution in [3.8, 4) is 0 Å². The number of carbonyl (C=O) groups excluding carboxylic acids is 1. The van der Waals surface area contributed by atoms with Crippen molar-refractivity contribution in [2.24, 2.45) is 0 Å². The van der Waals surface area contributed by atoms with Gasteiger partial charge in [-0.05, 0) is 48.5 Å². The number of furan rings is 1. The molecule has 1 N–H and O–H groups in total. The number of amides is 1. The van der Waals surface area contributed by atoms with E-state index < -0.39 is 0 Å². The highest BCUT2D eigenvalue weighted by Crippen LogP contribution is 2.27. The van der Waals surface area contributed by atoms with Crippen LogP contribution in [0, 0.1) is 0 Å². The molecule has 0 spiro atoms. The van der Waals surface area contributed by atoms with Crippen molar-refractivity contribution in [3.63, 3.8) is 0 Å². The molecule has 1 aliphatic heterocycles. The molecule has 1 aromatic carbocycles. The Morgan fingerprint density at radius 2 is 2.17 bits per heavy atom. The lowest BCUT2D eigenvalue weighted by molar-refractivity contribution is 0.0623. The second kappa shape index (κ2) is 7.41. The van der Waals surface area contributed by atoms with E-state index in [0.717, 1.165) is 41.7 Å². The van der Waals surface area contributed by atoms with Gasteiger partial charge in [-0.25, -0.2) is 0 Å². The molecule has 1 fully saturated rings. The van der Waals surface area contributed by atoms with Crippen molar-refractivity contribution in [2.45, 2.75) is 32.2 Å². The number of aliphatic hydroxyl groups excluding tert-OH is 1. The van der Waals surface area contributed by atoms with Crippen LogP contribution in [0.3, 0.4) is 0 Å². The van der Waals surface area contributed by atoms with E-state index in [1.165, 1.54) is 5.56 Å². The SMILES string of the molecule is CCc1ccc2occ(C(=O)N(CCO)C3CCSCC3)c2c1. The lowest BCUT2D eigenvalue weighted by Gasteiger charge is -2.33. The topological polar surface area (TPSA) is 53.7 Å². The first-order valence-corrected chi connectivity index (χ1v) is 9.39. The van der Waals surface area contributed by atoms with Crippen LogP contribution in [0.4, 0.5) is 0 Å². The van der Waals surface area contributed by atoms with Gasteiger partial charge in [-0.2, -0.15) is 11.8 Å². The Balaban J connectivity index is 1.92. The molecule has 124 valence electrons. The van der Waals surface area contributed by atoms with Crippen LogP contribution in [-0.4, -0.2) is 46.6 Å². The zero-order chi connectivity index (χ0) is 16.2. The minimum atomic E-state index is -0.0250. The quantitative estimate of drug-likeness (QED) is 0.912. The number of fused-ring (bicyclic) bond motifs is 1. The summed E-state index contributed by atoms with van der Waals surface area (Å²) in [5, 5.41) is 10.3. The summed E-state index contributed by atoms with van der Waals surface area (Å²) in [7, 11) is 0. The van der Waals surface area contributed by atoms with E-state index in [2.05, 4.69) is 6.92 Å². The highest BCUT2D eigenvalue weighted by molar-refractivity contribution is 7.99. The molecular formula is C18H23NO3S. The van der Waals surface area contributed by atoms with E-state index in [9.17, 15) is 9.90 Å². The number of hydrogen-bond donors (Lipinski definition) is 1. The van der Waals surface area contributed by atoms with Crippen molar-refractivity contribution >= 4 is 28.6 Å². The molecule has 3 rings (SSSR count). The molecule has 4 nitrogen and oxygen atoms in total. The molecule has 1 aliphatic rings. The lowest BCUT2D eigenvalue weighted by Crippen LogP contribution is -2.43. The van der Waals surface area contributed by atoms with Gasteiger partial charge in [0.1, 0.15) is 11.8 Å². The zero-order valence-corrected chi connectivity index (χ0v) is 14.3. The van der Waals surface area contributed by atoms with Crippen LogP contribution in [0.25, 0.3) is 11.0 Å². The van der Waals surface area contributed by atoms with Crippen molar-refractivity contribution in [1.82, 2.24) is 4.90 Å². The van der Waals surface area contributed by atoms with Crippen LogP contribution in [0.1, 0.15) is 35.7 Å². The fourth-order valence-corrected chi connectivity index (χ4v) is 4.25. The van der Waals surface area contributed by atoms with Crippen LogP contribution >= 0.6 is 11.8 Å². The zero-order valence-electron chi connectivity index (χ0n) is 13.5. The molecule has 0 unspecified atom stereocenters. The molecule has 1 saturated heterocycles. The summed E-state index contributed by atoms with van der Waals surface area (Å²) in [6.07, 6.45) is 4.47. The van der Waals surface area contributed by atoms with Gasteiger partial charge in [0.2, 0.25) is 0 Å². The summed E-state index contributed by atoms with van der Waals surface area (Å²) in [4.78, 5) is 14.9. The van der Waals surface area contributed by atoms with Crippen molar-refractivity contribution < 1.29 is 14.3 Å². The van der Waals surface area contributed by atoms with Gasteiger partial charge in [0.25, 0.3) is 5.91 Å². The number of aryl methyl sites for hydroxylation is 1. The lowest BCUT2D eigenvalue weighted by atomic mass is 10.0. The number of carbonyl (C=O) groups is 1. The van der Waals surface area contributed by atoms with Crippen molar-refractivity contribution in [3.05, 3.63) is 35.6 Å². The minimum absolute atomic E-state index is 0.00855. The van der Waals surface area contributed by atoms with E-state index in [-0.39, 0.29) is 18.6 Å². The van der Waals surface area contributed by atoms with Crippen LogP contribution in [0.2, 0.25) is 0 Å². The summed E-state index contributed by atoms with van der Waals surface area (Å²) >= 11 is 1.93. The van der Waals surface area contributed by atoms with Crippen LogP contribution in [-0.2, 0) is 6.42 Å². The van der Waals surface area contributed by atoms with E-state index >= 15 is 0 Å². The first-order chi connectivity index (χ1) is 11.2. The Morgan fingerprint density at radius 1 is 1.39 bits per heavy atom. The molecule has 2 aromatic rings. The average Bonchev–Trinajstić information content (AvgIpc) is 3.02. The van der Waals surface area contributed by atoms with Gasteiger partial charge >= 0.3 is 0 Å². The molecule has 0 radical (unpaired) electrons. The number of nitrogens with zero attached hydrogens (tertiary/aromatic N) is 1. The summed E-state index contributed by atoms with van der Waals surface area (Å²) < 4.78 is 5.57. The maximum Gasteiger partial charge on any atom is 0.258 e. The van der Waals surface area contributed by atoms with E-state index in [4.69, 9.17) is 4.42 Å². The van der Waals surface area contributed by atoms with Crippen LogP contribution < -0.4 is 0 Å². The molecule has 0 atom stereocenters. The summed E-state index contributed by atoms with van der Waals surface area (Å²) in [5.74, 6) is 2.13. The maximum atomic E-state index is 13.1. The van der Waals surface area contributed by atoms with Gasteiger partial charge in [0.15, 0.2) is 0 Å². The van der Waals surface area contributed by atoms with Gasteiger partial charge in [-0.3, -0.25) is 4.79 Å². The molecular weight excluding hydrogens is 310 g/mol. The highest BCUT2D eigenvalue weighted by Gasteiger charge is 2.28. The monoisotopic (exact) mass is 333 g/mol. The summed E-state index contributed by atoms with van der Waals surface area (Å²) in [5.41, 5.74) is 2.55. The van der Waals surface area contributed by atoms with E-state index in [1.807, 2.05) is 34.9 Å². The molecule has 5 heteroatoms. The first-order valence-electron chi connectivity index (χ1n) is 8.24. The van der Waals surface area contributed by atoms with Gasteiger partial charge in [0.05, 0.1) is 12.2 Å². The fourth-order valence-electron chi connectivity index (χ4n) is 3.17. The number of aliphatic hydroxyl groups is 1. The Labute approximate surface area is 140 Å². The Hall–Kier alpha value is -1.46. The molecule has 0 bridgehead atoms. The predicted molar refractivity (Wildman–Crippen MR) is 94.1 cm³/mol. The van der Waals surface area contributed by atoms with Gasteiger partial charge < -0.3 is 14.4 Å². The van der Waals surface area contributed by atoms with Crippen LogP contribution in [0.15, 0.2) is 28.9 Å². The van der Waals surface area contributed by atoms with Gasteiger partial charge in [-0.15, -0.1) is 0 Å². The highest BCUT2D eigenvalue weighted by atomic mass is 32.2. The molecule has 23 heavy (non-hydrogen) atoms. The maximum absolute atomic E-state index is 13.1. The average molecular weight is 333 g/mol. The molecule has 0 saturated carbocycles. The Kier molecular flexibility index (Phi) is 5.28. The van der Waals surface area contributed by atoms with E-state index in [0.29, 0.717) is 12.1 Å². The minimum Gasteiger partial charge on any atom is -0.463 e. The molecule has 0 aliphatic carbocycles. The largest absolute Gasteiger partial charge is 0.463 e. The smallest absolute Gasteiger partial charge is 0.258 e. The summed E-state index contributed by atoms with van der Waals surface area (Å²) in [6, 6.07) is 6.22.